The normalized spacial score (nSPS) is 12.2. The summed E-state index contributed by atoms with van der Waals surface area (Å²) in [5.41, 5.74) is 18.7. The third kappa shape index (κ3) is 5.42. The number of fused-ring (bicyclic) bond motifs is 6. The van der Waals surface area contributed by atoms with Gasteiger partial charge >= 0.3 is 0 Å². The highest BCUT2D eigenvalue weighted by atomic mass is 14.7. The van der Waals surface area contributed by atoms with Gasteiger partial charge in [0.25, 0.3) is 0 Å². The summed E-state index contributed by atoms with van der Waals surface area (Å²) in [5.74, 6) is 0. The minimum Gasteiger partial charge on any atom is -0.247 e. The van der Waals surface area contributed by atoms with Gasteiger partial charge in [0.1, 0.15) is 0 Å². The first-order chi connectivity index (χ1) is 32.3. The molecular formula is C64H42N2. The summed E-state index contributed by atoms with van der Waals surface area (Å²) in [5, 5.41) is 16.8. The maximum atomic E-state index is 5.73. The fraction of sp³-hybridized carbons (Fsp3) is 0.0625. The van der Waals surface area contributed by atoms with Gasteiger partial charge in [0.05, 0.1) is 22.1 Å². The van der Waals surface area contributed by atoms with Crippen molar-refractivity contribution < 1.29 is 0 Å². The van der Waals surface area contributed by atoms with Crippen molar-refractivity contribution in [2.24, 2.45) is 0 Å². The summed E-state index contributed by atoms with van der Waals surface area (Å²) in [4.78, 5) is 11.5. The summed E-state index contributed by atoms with van der Waals surface area (Å²) in [6.45, 7) is 8.63. The van der Waals surface area contributed by atoms with Crippen molar-refractivity contribution in [2.75, 3.05) is 0 Å². The van der Waals surface area contributed by atoms with Gasteiger partial charge in [0.2, 0.25) is 0 Å². The Morgan fingerprint density at radius 2 is 0.591 bits per heavy atom. The van der Waals surface area contributed by atoms with E-state index in [1.807, 2.05) is 0 Å². The van der Waals surface area contributed by atoms with Crippen molar-refractivity contribution in [3.8, 4) is 44.5 Å². The van der Waals surface area contributed by atoms with E-state index in [-0.39, 0.29) is 0 Å². The Labute approximate surface area is 382 Å². The largest absolute Gasteiger partial charge is 0.247 e. The Hall–Kier alpha value is -8.20. The molecule has 0 N–H and O–H groups in total. The molecule has 0 aliphatic rings. The molecule has 0 saturated heterocycles. The Bertz CT molecular complexity index is 4070. The van der Waals surface area contributed by atoms with Crippen LogP contribution < -0.4 is 0 Å². The summed E-state index contributed by atoms with van der Waals surface area (Å²) in [6, 6.07) is 68.4. The highest BCUT2D eigenvalue weighted by Crippen LogP contribution is 2.51. The van der Waals surface area contributed by atoms with Crippen molar-refractivity contribution in [3.63, 3.8) is 0 Å². The number of hydrogen-bond acceptors (Lipinski definition) is 2. The predicted molar refractivity (Wildman–Crippen MR) is 283 cm³/mol. The number of aryl methyl sites for hydroxylation is 4. The van der Waals surface area contributed by atoms with Gasteiger partial charge in [-0.2, -0.15) is 0 Å². The molecule has 2 nitrogen and oxygen atoms in total. The van der Waals surface area contributed by atoms with Crippen molar-refractivity contribution in [1.82, 2.24) is 9.97 Å². The number of hydrogen-bond donors (Lipinski definition) is 0. The van der Waals surface area contributed by atoms with Gasteiger partial charge in [-0.05, 0) is 152 Å². The molecule has 0 saturated carbocycles. The fourth-order valence-corrected chi connectivity index (χ4v) is 11.2. The lowest BCUT2D eigenvalue weighted by Crippen LogP contribution is -1.99. The Morgan fingerprint density at radius 3 is 1.03 bits per heavy atom. The van der Waals surface area contributed by atoms with Crippen LogP contribution in [0.1, 0.15) is 22.3 Å². The van der Waals surface area contributed by atoms with E-state index in [1.165, 1.54) is 131 Å². The van der Waals surface area contributed by atoms with Crippen molar-refractivity contribution in [2.45, 2.75) is 27.7 Å². The molecule has 66 heavy (non-hydrogen) atoms. The molecule has 12 aromatic carbocycles. The van der Waals surface area contributed by atoms with Gasteiger partial charge in [-0.3, -0.25) is 0 Å². The Kier molecular flexibility index (Phi) is 7.70. The maximum absolute atomic E-state index is 5.73. The van der Waals surface area contributed by atoms with Gasteiger partial charge in [-0.25, -0.2) is 9.97 Å². The summed E-state index contributed by atoms with van der Waals surface area (Å²) >= 11 is 0. The van der Waals surface area contributed by atoms with Crippen LogP contribution in [0.4, 0.5) is 0 Å². The Balaban J connectivity index is 1.13. The van der Waals surface area contributed by atoms with Crippen LogP contribution in [0.5, 0.6) is 0 Å². The molecule has 14 rings (SSSR count). The third-order valence-corrected chi connectivity index (χ3v) is 14.5. The summed E-state index contributed by atoms with van der Waals surface area (Å²) < 4.78 is 0. The van der Waals surface area contributed by atoms with E-state index in [9.17, 15) is 0 Å². The predicted octanol–water partition coefficient (Wildman–Crippen LogP) is 17.6. The molecule has 0 atom stereocenters. The zero-order chi connectivity index (χ0) is 43.9. The second-order valence-corrected chi connectivity index (χ2v) is 18.8. The Morgan fingerprint density at radius 1 is 0.242 bits per heavy atom. The lowest BCUT2D eigenvalue weighted by Gasteiger charge is -2.22. The third-order valence-electron chi connectivity index (χ3n) is 14.5. The van der Waals surface area contributed by atoms with Crippen LogP contribution in [-0.4, -0.2) is 9.97 Å². The van der Waals surface area contributed by atoms with Gasteiger partial charge in [0.15, 0.2) is 0 Å². The lowest BCUT2D eigenvalue weighted by molar-refractivity contribution is 1.47. The molecular weight excluding hydrogens is 797 g/mol. The minimum absolute atomic E-state index is 0.994. The number of pyridine rings is 2. The van der Waals surface area contributed by atoms with E-state index in [2.05, 4.69) is 210 Å². The van der Waals surface area contributed by atoms with Crippen molar-refractivity contribution in [3.05, 3.63) is 204 Å². The molecule has 14 aromatic rings. The topological polar surface area (TPSA) is 25.8 Å². The highest BCUT2D eigenvalue weighted by molar-refractivity contribution is 6.41. The smallest absolute Gasteiger partial charge is 0.0801 e. The van der Waals surface area contributed by atoms with E-state index in [1.54, 1.807) is 0 Å². The monoisotopic (exact) mass is 838 g/mol. The maximum Gasteiger partial charge on any atom is 0.0801 e. The summed E-state index contributed by atoms with van der Waals surface area (Å²) in [6.07, 6.45) is 0. The van der Waals surface area contributed by atoms with Crippen LogP contribution in [-0.2, 0) is 0 Å². The molecule has 0 radical (unpaired) electrons. The second-order valence-electron chi connectivity index (χ2n) is 18.8. The van der Waals surface area contributed by atoms with Crippen LogP contribution in [0.25, 0.3) is 142 Å². The molecule has 0 aliphatic carbocycles. The van der Waals surface area contributed by atoms with Crippen LogP contribution >= 0.6 is 0 Å². The SMILES string of the molecule is Cc1ccc(-c2ccc3c(c2)c(-c2ccc4cc(C)ccc4c2)c2ccc4nc5c6ccc(-c7ccc(C)cc7)cc6c(-c6ccc7cc(C)ccc7c6)c6ccc7nc3c2c4c7c65)cc1. The average molecular weight is 839 g/mol. The number of benzene rings is 12. The quantitative estimate of drug-likeness (QED) is 0.130. The number of rotatable bonds is 4. The minimum atomic E-state index is 0.994. The molecule has 308 valence electrons. The molecule has 2 aromatic heterocycles. The molecule has 0 aliphatic heterocycles. The van der Waals surface area contributed by atoms with E-state index in [0.29, 0.717) is 0 Å². The average Bonchev–Trinajstić information content (AvgIpc) is 3.34. The van der Waals surface area contributed by atoms with Gasteiger partial charge < -0.3 is 0 Å². The fourth-order valence-electron chi connectivity index (χ4n) is 11.2. The van der Waals surface area contributed by atoms with Crippen LogP contribution in [0.3, 0.4) is 0 Å². The molecule has 0 fully saturated rings. The second kappa shape index (κ2) is 13.7. The van der Waals surface area contributed by atoms with Crippen LogP contribution in [0, 0.1) is 27.7 Å². The van der Waals surface area contributed by atoms with Gasteiger partial charge in [0, 0.05) is 32.3 Å². The zero-order valence-electron chi connectivity index (χ0n) is 37.2. The van der Waals surface area contributed by atoms with Gasteiger partial charge in [-0.1, -0.05) is 168 Å². The summed E-state index contributed by atoms with van der Waals surface area (Å²) in [7, 11) is 0. The van der Waals surface area contributed by atoms with E-state index < -0.39 is 0 Å². The first-order valence-electron chi connectivity index (χ1n) is 23.0. The van der Waals surface area contributed by atoms with Crippen LogP contribution in [0.15, 0.2) is 182 Å². The van der Waals surface area contributed by atoms with Crippen molar-refractivity contribution in [1.29, 1.82) is 0 Å². The van der Waals surface area contributed by atoms with Gasteiger partial charge in [-0.15, -0.1) is 0 Å². The van der Waals surface area contributed by atoms with Crippen molar-refractivity contribution >= 4 is 97.5 Å². The standard InChI is InChI=1S/C64H42N2/c1-35-5-11-39(12-6-35)45-21-23-49-53(33-45)57(47-19-17-41-29-37(3)9-15-43(41)31-47)51-25-27-56-61-59(51)63(49)65-55-28-26-52-58(48-20-18-42-30-38(4)10-16-44(42)32-48)54-34-46(40-13-7-36(2)8-14-40)22-24-50(54)64(66-56)60(52)62(55)61/h5-34H,1-4H3. The molecule has 2 heterocycles. The zero-order valence-corrected chi connectivity index (χ0v) is 37.2. The van der Waals surface area contributed by atoms with E-state index in [0.717, 1.165) is 32.8 Å². The highest BCUT2D eigenvalue weighted by Gasteiger charge is 2.26. The molecule has 0 spiro atoms. The molecule has 2 heteroatoms. The van der Waals surface area contributed by atoms with E-state index in [4.69, 9.17) is 9.97 Å². The molecule has 0 amide bonds. The van der Waals surface area contributed by atoms with E-state index >= 15 is 0 Å². The first kappa shape index (κ1) is 37.2. The lowest BCUT2D eigenvalue weighted by atomic mass is 9.83. The van der Waals surface area contributed by atoms with Crippen LogP contribution in [0.2, 0.25) is 0 Å². The number of nitrogens with zero attached hydrogens (tertiary/aromatic N) is 2. The molecule has 0 bridgehead atoms. The molecule has 0 unspecified atom stereocenters. The first-order valence-corrected chi connectivity index (χ1v) is 23.0. The number of aromatic nitrogens is 2.